The van der Waals surface area contributed by atoms with Crippen molar-refractivity contribution < 1.29 is 9.18 Å². The van der Waals surface area contributed by atoms with E-state index in [1.807, 2.05) is 6.92 Å². The van der Waals surface area contributed by atoms with E-state index < -0.39 is 17.2 Å². The third kappa shape index (κ3) is 2.70. The van der Waals surface area contributed by atoms with E-state index in [1.54, 1.807) is 19.3 Å². The number of nitrogens with zero attached hydrogens (tertiary/aromatic N) is 4. The van der Waals surface area contributed by atoms with Crippen molar-refractivity contribution in [2.45, 2.75) is 13.5 Å². The van der Waals surface area contributed by atoms with E-state index in [9.17, 15) is 14.0 Å². The van der Waals surface area contributed by atoms with Crippen LogP contribution in [-0.2, 0) is 13.6 Å². The molecule has 0 unspecified atom stereocenters. The number of benzene rings is 1. The van der Waals surface area contributed by atoms with Crippen molar-refractivity contribution in [2.24, 2.45) is 7.05 Å². The van der Waals surface area contributed by atoms with Crippen LogP contribution < -0.4 is 10.7 Å². The molecule has 0 atom stereocenters. The highest BCUT2D eigenvalue weighted by Gasteiger charge is 2.18. The smallest absolute Gasteiger partial charge is 0.281 e. The lowest BCUT2D eigenvalue weighted by atomic mass is 10.2. The lowest BCUT2D eigenvalue weighted by Crippen LogP contribution is -2.27. The van der Waals surface area contributed by atoms with Gasteiger partial charge in [0.1, 0.15) is 5.82 Å². The molecule has 1 N–H and O–H groups in total. The van der Waals surface area contributed by atoms with E-state index in [0.717, 1.165) is 6.07 Å². The Morgan fingerprint density at radius 1 is 1.30 bits per heavy atom. The molecule has 23 heavy (non-hydrogen) atoms. The fourth-order valence-corrected chi connectivity index (χ4v) is 2.31. The number of hydrogen-bond acceptors (Lipinski definition) is 4. The minimum atomic E-state index is -0.679. The average molecular weight is 315 g/mol. The summed E-state index contributed by atoms with van der Waals surface area (Å²) in [6, 6.07) is 5.44. The van der Waals surface area contributed by atoms with E-state index in [1.165, 1.54) is 21.5 Å². The summed E-state index contributed by atoms with van der Waals surface area (Å²) in [7, 11) is 1.71. The minimum Gasteiger partial charge on any atom is -0.304 e. The number of carbonyl (C=O) groups is 1. The highest BCUT2D eigenvalue weighted by Crippen LogP contribution is 2.13. The fourth-order valence-electron chi connectivity index (χ4n) is 2.31. The van der Waals surface area contributed by atoms with Gasteiger partial charge >= 0.3 is 0 Å². The van der Waals surface area contributed by atoms with Crippen molar-refractivity contribution in [3.63, 3.8) is 0 Å². The quantitative estimate of drug-likeness (QED) is 0.795. The SMILES string of the molecule is CCn1nc(C(=O)Nc2ccn(C)n2)c(=O)c2cc(F)ccc21. The molecule has 0 spiro atoms. The van der Waals surface area contributed by atoms with E-state index in [-0.39, 0.29) is 11.1 Å². The van der Waals surface area contributed by atoms with Gasteiger partial charge in [0.25, 0.3) is 5.91 Å². The summed E-state index contributed by atoms with van der Waals surface area (Å²) in [5.74, 6) is -0.914. The minimum absolute atomic E-state index is 0.119. The van der Waals surface area contributed by atoms with Crippen molar-refractivity contribution >= 4 is 22.6 Å². The molecule has 2 aromatic heterocycles. The Labute approximate surface area is 130 Å². The Kier molecular flexibility index (Phi) is 3.65. The Morgan fingerprint density at radius 2 is 2.09 bits per heavy atom. The van der Waals surface area contributed by atoms with Gasteiger partial charge in [-0.15, -0.1) is 0 Å². The second-order valence-electron chi connectivity index (χ2n) is 4.98. The second-order valence-corrected chi connectivity index (χ2v) is 4.98. The van der Waals surface area contributed by atoms with Crippen molar-refractivity contribution in [3.8, 4) is 0 Å². The summed E-state index contributed by atoms with van der Waals surface area (Å²) in [6.07, 6.45) is 1.66. The van der Waals surface area contributed by atoms with E-state index in [4.69, 9.17) is 0 Å². The lowest BCUT2D eigenvalue weighted by Gasteiger charge is -2.09. The highest BCUT2D eigenvalue weighted by molar-refractivity contribution is 6.03. The van der Waals surface area contributed by atoms with Gasteiger partial charge in [-0.1, -0.05) is 0 Å². The summed E-state index contributed by atoms with van der Waals surface area (Å²) in [5.41, 5.74) is -0.429. The van der Waals surface area contributed by atoms with Crippen LogP contribution in [0.2, 0.25) is 0 Å². The lowest BCUT2D eigenvalue weighted by molar-refractivity contribution is 0.101. The molecule has 0 aliphatic carbocycles. The summed E-state index contributed by atoms with van der Waals surface area (Å²) >= 11 is 0. The number of anilines is 1. The number of halogens is 1. The number of amides is 1. The molecule has 0 aliphatic heterocycles. The molecule has 1 amide bonds. The Morgan fingerprint density at radius 3 is 2.74 bits per heavy atom. The largest absolute Gasteiger partial charge is 0.304 e. The predicted octanol–water partition coefficient (Wildman–Crippen LogP) is 1.54. The zero-order valence-corrected chi connectivity index (χ0v) is 12.6. The van der Waals surface area contributed by atoms with Crippen LogP contribution in [0.3, 0.4) is 0 Å². The molecule has 2 heterocycles. The number of carbonyl (C=O) groups excluding carboxylic acids is 1. The Balaban J connectivity index is 2.11. The number of aromatic nitrogens is 4. The van der Waals surface area contributed by atoms with Gasteiger partial charge in [-0.3, -0.25) is 19.0 Å². The maximum atomic E-state index is 13.5. The standard InChI is InChI=1S/C15H14FN5O2/c1-3-21-11-5-4-9(16)8-10(11)14(22)13(19-21)15(23)17-12-6-7-20(2)18-12/h4-8H,3H2,1-2H3,(H,17,18,23). The van der Waals surface area contributed by atoms with Crippen LogP contribution in [0.15, 0.2) is 35.3 Å². The highest BCUT2D eigenvalue weighted by atomic mass is 19.1. The third-order valence-corrected chi connectivity index (χ3v) is 3.39. The molecule has 0 aliphatic rings. The van der Waals surface area contributed by atoms with Gasteiger partial charge in [0.2, 0.25) is 5.43 Å². The normalized spacial score (nSPS) is 10.9. The topological polar surface area (TPSA) is 81.8 Å². The predicted molar refractivity (Wildman–Crippen MR) is 82.8 cm³/mol. The van der Waals surface area contributed by atoms with Crippen LogP contribution in [0.5, 0.6) is 0 Å². The monoisotopic (exact) mass is 315 g/mol. The summed E-state index contributed by atoms with van der Waals surface area (Å²) in [4.78, 5) is 24.8. The van der Waals surface area contributed by atoms with Gasteiger partial charge in [-0.25, -0.2) is 4.39 Å². The van der Waals surface area contributed by atoms with E-state index in [2.05, 4.69) is 15.5 Å². The molecule has 0 bridgehead atoms. The molecule has 0 fully saturated rings. The second kappa shape index (κ2) is 5.64. The van der Waals surface area contributed by atoms with Crippen LogP contribution in [0.25, 0.3) is 10.9 Å². The Hall–Kier alpha value is -3.03. The zero-order valence-electron chi connectivity index (χ0n) is 12.6. The first-order valence-corrected chi connectivity index (χ1v) is 7.01. The van der Waals surface area contributed by atoms with Gasteiger partial charge < -0.3 is 5.32 Å². The van der Waals surface area contributed by atoms with Gasteiger partial charge in [-0.2, -0.15) is 10.2 Å². The van der Waals surface area contributed by atoms with E-state index in [0.29, 0.717) is 17.9 Å². The van der Waals surface area contributed by atoms with Gasteiger partial charge in [0.15, 0.2) is 11.5 Å². The molecule has 3 rings (SSSR count). The van der Waals surface area contributed by atoms with Crippen LogP contribution >= 0.6 is 0 Å². The molecule has 1 aromatic carbocycles. The number of nitrogens with one attached hydrogen (secondary N) is 1. The van der Waals surface area contributed by atoms with Gasteiger partial charge in [0, 0.05) is 25.9 Å². The zero-order chi connectivity index (χ0) is 16.6. The summed E-state index contributed by atoms with van der Waals surface area (Å²) in [5, 5.41) is 10.7. The summed E-state index contributed by atoms with van der Waals surface area (Å²) in [6.45, 7) is 2.26. The van der Waals surface area contributed by atoms with Crippen LogP contribution in [0.4, 0.5) is 10.2 Å². The maximum absolute atomic E-state index is 13.5. The molecule has 0 saturated heterocycles. The maximum Gasteiger partial charge on any atom is 0.281 e. The van der Waals surface area contributed by atoms with Crippen LogP contribution in [0, 0.1) is 5.82 Å². The van der Waals surface area contributed by atoms with Gasteiger partial charge in [0.05, 0.1) is 10.9 Å². The van der Waals surface area contributed by atoms with Crippen molar-refractivity contribution in [2.75, 3.05) is 5.32 Å². The molecule has 3 aromatic rings. The number of fused-ring (bicyclic) bond motifs is 1. The van der Waals surface area contributed by atoms with Crippen molar-refractivity contribution in [1.82, 2.24) is 19.6 Å². The number of hydrogen-bond donors (Lipinski definition) is 1. The molecule has 7 nitrogen and oxygen atoms in total. The first-order chi connectivity index (χ1) is 11.0. The van der Waals surface area contributed by atoms with Crippen molar-refractivity contribution in [3.05, 3.63) is 52.2 Å². The number of aryl methyl sites for hydroxylation is 2. The average Bonchev–Trinajstić information content (AvgIpc) is 2.93. The molecular weight excluding hydrogens is 301 g/mol. The van der Waals surface area contributed by atoms with E-state index >= 15 is 0 Å². The summed E-state index contributed by atoms with van der Waals surface area (Å²) < 4.78 is 16.5. The molecule has 0 radical (unpaired) electrons. The number of rotatable bonds is 3. The third-order valence-electron chi connectivity index (χ3n) is 3.39. The molecule has 0 saturated carbocycles. The fraction of sp³-hybridized carbons (Fsp3) is 0.200. The van der Waals surface area contributed by atoms with Crippen LogP contribution in [-0.4, -0.2) is 25.5 Å². The van der Waals surface area contributed by atoms with Crippen molar-refractivity contribution in [1.29, 1.82) is 0 Å². The Bertz CT molecular complexity index is 960. The first kappa shape index (κ1) is 14.9. The molecular formula is C15H14FN5O2. The first-order valence-electron chi connectivity index (χ1n) is 7.01. The van der Waals surface area contributed by atoms with Gasteiger partial charge in [-0.05, 0) is 25.1 Å². The molecule has 118 valence electrons. The molecule has 8 heteroatoms. The van der Waals surface area contributed by atoms with Crippen LogP contribution in [0.1, 0.15) is 17.4 Å².